The van der Waals surface area contributed by atoms with E-state index in [4.69, 9.17) is 5.73 Å². The molecule has 3 heteroatoms. The lowest BCUT2D eigenvalue weighted by Gasteiger charge is -2.28. The average molecular weight is 269 g/mol. The summed E-state index contributed by atoms with van der Waals surface area (Å²) in [5, 5.41) is 3.57. The van der Waals surface area contributed by atoms with Gasteiger partial charge in [-0.05, 0) is 66.7 Å². The molecule has 0 heterocycles. The number of benzene rings is 1. The van der Waals surface area contributed by atoms with Crippen LogP contribution in [0.4, 0.5) is 11.4 Å². The molecule has 0 atom stereocenters. The maximum Gasteiger partial charge on any atom is 0.0490 e. The highest BCUT2D eigenvalue weighted by atomic mass is 79.9. The van der Waals surface area contributed by atoms with E-state index in [9.17, 15) is 0 Å². The molecule has 0 saturated heterocycles. The Morgan fingerprint density at radius 1 is 1.40 bits per heavy atom. The molecule has 0 aliphatic heterocycles. The van der Waals surface area contributed by atoms with Crippen molar-refractivity contribution in [3.05, 3.63) is 22.7 Å². The van der Waals surface area contributed by atoms with Crippen LogP contribution in [0.25, 0.3) is 0 Å². The third-order valence-electron chi connectivity index (χ3n) is 3.05. The molecule has 0 spiro atoms. The highest BCUT2D eigenvalue weighted by Crippen LogP contribution is 2.42. The number of halogens is 1. The van der Waals surface area contributed by atoms with Crippen LogP contribution in [-0.4, -0.2) is 5.54 Å². The second-order valence-electron chi connectivity index (χ2n) is 4.86. The molecule has 0 bridgehead atoms. The molecule has 2 rings (SSSR count). The topological polar surface area (TPSA) is 38.0 Å². The highest BCUT2D eigenvalue weighted by molar-refractivity contribution is 9.10. The van der Waals surface area contributed by atoms with Gasteiger partial charge in [0.1, 0.15) is 0 Å². The standard InChI is InChI=1S/C12H17BrN2/c1-12(2,8-3-4-8)15-11-6-5-9(14)7-10(11)13/h5-8,15H,3-4,14H2,1-2H3. The van der Waals surface area contributed by atoms with E-state index in [-0.39, 0.29) is 5.54 Å². The minimum atomic E-state index is 0.179. The lowest BCUT2D eigenvalue weighted by atomic mass is 9.98. The van der Waals surface area contributed by atoms with Crippen molar-refractivity contribution in [3.8, 4) is 0 Å². The zero-order chi connectivity index (χ0) is 11.1. The molecule has 0 unspecified atom stereocenters. The summed E-state index contributed by atoms with van der Waals surface area (Å²) in [6.07, 6.45) is 2.68. The van der Waals surface area contributed by atoms with Crippen LogP contribution in [0.2, 0.25) is 0 Å². The van der Waals surface area contributed by atoms with Gasteiger partial charge in [-0.1, -0.05) is 0 Å². The molecule has 0 amide bonds. The van der Waals surface area contributed by atoms with Crippen molar-refractivity contribution in [2.45, 2.75) is 32.2 Å². The molecule has 1 aliphatic carbocycles. The average Bonchev–Trinajstić information content (AvgIpc) is 2.92. The zero-order valence-electron chi connectivity index (χ0n) is 9.18. The van der Waals surface area contributed by atoms with Gasteiger partial charge in [-0.2, -0.15) is 0 Å². The Kier molecular flexibility index (Phi) is 2.67. The van der Waals surface area contributed by atoms with Gasteiger partial charge in [-0.3, -0.25) is 0 Å². The molecule has 1 aromatic rings. The lowest BCUT2D eigenvalue weighted by molar-refractivity contribution is 0.494. The number of nitrogens with one attached hydrogen (secondary N) is 1. The molecule has 0 aromatic heterocycles. The van der Waals surface area contributed by atoms with Crippen molar-refractivity contribution in [1.29, 1.82) is 0 Å². The summed E-state index contributed by atoms with van der Waals surface area (Å²) in [5.74, 6) is 0.807. The van der Waals surface area contributed by atoms with Gasteiger partial charge in [0, 0.05) is 21.4 Å². The minimum absolute atomic E-state index is 0.179. The molecular weight excluding hydrogens is 252 g/mol. The molecule has 1 saturated carbocycles. The monoisotopic (exact) mass is 268 g/mol. The first kappa shape index (κ1) is 10.8. The lowest BCUT2D eigenvalue weighted by Crippen LogP contribution is -2.33. The third-order valence-corrected chi connectivity index (χ3v) is 3.70. The molecule has 1 aliphatic rings. The van der Waals surface area contributed by atoms with Crippen LogP contribution in [0.3, 0.4) is 0 Å². The minimum Gasteiger partial charge on any atom is -0.399 e. The maximum absolute atomic E-state index is 5.71. The third kappa shape index (κ3) is 2.46. The van der Waals surface area contributed by atoms with E-state index in [0.29, 0.717) is 0 Å². The predicted octanol–water partition coefficient (Wildman–Crippen LogP) is 3.63. The Morgan fingerprint density at radius 3 is 2.60 bits per heavy atom. The SMILES string of the molecule is CC(C)(Nc1ccc(N)cc1Br)C1CC1. The van der Waals surface area contributed by atoms with E-state index < -0.39 is 0 Å². The Morgan fingerprint density at radius 2 is 2.07 bits per heavy atom. The van der Waals surface area contributed by atoms with Crippen molar-refractivity contribution >= 4 is 27.3 Å². The van der Waals surface area contributed by atoms with Gasteiger partial charge in [-0.15, -0.1) is 0 Å². The van der Waals surface area contributed by atoms with Gasteiger partial charge in [-0.25, -0.2) is 0 Å². The Labute approximate surface area is 99.4 Å². The van der Waals surface area contributed by atoms with Crippen LogP contribution in [0.15, 0.2) is 22.7 Å². The molecule has 82 valence electrons. The van der Waals surface area contributed by atoms with Gasteiger partial charge < -0.3 is 11.1 Å². The van der Waals surface area contributed by atoms with Gasteiger partial charge in [0.15, 0.2) is 0 Å². The Hall–Kier alpha value is -0.700. The number of hydrogen-bond acceptors (Lipinski definition) is 2. The number of hydrogen-bond donors (Lipinski definition) is 2. The second-order valence-corrected chi connectivity index (χ2v) is 5.71. The summed E-state index contributed by atoms with van der Waals surface area (Å²) in [5.41, 5.74) is 7.80. The van der Waals surface area contributed by atoms with Crippen molar-refractivity contribution in [2.75, 3.05) is 11.1 Å². The van der Waals surface area contributed by atoms with Crippen LogP contribution in [0.5, 0.6) is 0 Å². The summed E-state index contributed by atoms with van der Waals surface area (Å²) in [6, 6.07) is 5.89. The quantitative estimate of drug-likeness (QED) is 0.822. The van der Waals surface area contributed by atoms with E-state index in [1.165, 1.54) is 12.8 Å². The number of anilines is 2. The van der Waals surface area contributed by atoms with E-state index in [2.05, 4.69) is 35.1 Å². The van der Waals surface area contributed by atoms with Gasteiger partial charge in [0.05, 0.1) is 0 Å². The normalized spacial score (nSPS) is 16.5. The summed E-state index contributed by atoms with van der Waals surface area (Å²) >= 11 is 3.53. The fourth-order valence-corrected chi connectivity index (χ4v) is 2.38. The Bertz CT molecular complexity index is 370. The van der Waals surface area contributed by atoms with E-state index in [0.717, 1.165) is 21.8 Å². The molecular formula is C12H17BrN2. The second kappa shape index (κ2) is 3.71. The molecule has 15 heavy (non-hydrogen) atoms. The largest absolute Gasteiger partial charge is 0.399 e. The zero-order valence-corrected chi connectivity index (χ0v) is 10.8. The van der Waals surface area contributed by atoms with Crippen molar-refractivity contribution in [3.63, 3.8) is 0 Å². The van der Waals surface area contributed by atoms with Crippen LogP contribution >= 0.6 is 15.9 Å². The number of rotatable bonds is 3. The van der Waals surface area contributed by atoms with Crippen molar-refractivity contribution < 1.29 is 0 Å². The van der Waals surface area contributed by atoms with Crippen LogP contribution in [-0.2, 0) is 0 Å². The summed E-state index contributed by atoms with van der Waals surface area (Å²) < 4.78 is 1.04. The summed E-state index contributed by atoms with van der Waals surface area (Å²) in [4.78, 5) is 0. The first-order chi connectivity index (χ1) is 6.99. The maximum atomic E-state index is 5.71. The summed E-state index contributed by atoms with van der Waals surface area (Å²) in [7, 11) is 0. The van der Waals surface area contributed by atoms with E-state index in [1.807, 2.05) is 18.2 Å². The fourth-order valence-electron chi connectivity index (χ4n) is 1.89. The smallest absolute Gasteiger partial charge is 0.0490 e. The van der Waals surface area contributed by atoms with E-state index in [1.54, 1.807) is 0 Å². The number of nitrogen functional groups attached to an aromatic ring is 1. The molecule has 2 nitrogen and oxygen atoms in total. The molecule has 1 aromatic carbocycles. The first-order valence-electron chi connectivity index (χ1n) is 5.32. The van der Waals surface area contributed by atoms with Crippen molar-refractivity contribution in [1.82, 2.24) is 0 Å². The van der Waals surface area contributed by atoms with E-state index >= 15 is 0 Å². The number of nitrogens with two attached hydrogens (primary N) is 1. The fraction of sp³-hybridized carbons (Fsp3) is 0.500. The van der Waals surface area contributed by atoms with Gasteiger partial charge >= 0.3 is 0 Å². The molecule has 3 N–H and O–H groups in total. The van der Waals surface area contributed by atoms with Gasteiger partial charge in [0.2, 0.25) is 0 Å². The Balaban J connectivity index is 2.16. The highest BCUT2D eigenvalue weighted by Gasteiger charge is 2.37. The summed E-state index contributed by atoms with van der Waals surface area (Å²) in [6.45, 7) is 4.51. The molecule has 1 fully saturated rings. The first-order valence-corrected chi connectivity index (χ1v) is 6.11. The van der Waals surface area contributed by atoms with Crippen LogP contribution in [0, 0.1) is 5.92 Å². The van der Waals surface area contributed by atoms with Gasteiger partial charge in [0.25, 0.3) is 0 Å². The molecule has 0 radical (unpaired) electrons. The van der Waals surface area contributed by atoms with Crippen LogP contribution in [0.1, 0.15) is 26.7 Å². The van der Waals surface area contributed by atoms with Crippen LogP contribution < -0.4 is 11.1 Å². The van der Waals surface area contributed by atoms with Crippen molar-refractivity contribution in [2.24, 2.45) is 5.92 Å². The predicted molar refractivity (Wildman–Crippen MR) is 69.0 cm³/mol.